The van der Waals surface area contributed by atoms with Crippen molar-refractivity contribution >= 4 is 16.7 Å². The third-order valence-corrected chi connectivity index (χ3v) is 6.18. The summed E-state index contributed by atoms with van der Waals surface area (Å²) < 4.78 is 23.7. The number of amides is 1. The molecule has 4 rings (SSSR count). The number of furan rings is 1. The van der Waals surface area contributed by atoms with Crippen molar-refractivity contribution < 1.29 is 17.8 Å². The van der Waals surface area contributed by atoms with Crippen molar-refractivity contribution in [1.82, 2.24) is 10.3 Å². The molecule has 7 heteroatoms. The number of benzene rings is 2. The van der Waals surface area contributed by atoms with Gasteiger partial charge in [0.05, 0.1) is 35.1 Å². The number of nitrogens with zero attached hydrogens (tertiary/aromatic N) is 1. The molecule has 0 unspecified atom stereocenters. The molecule has 0 aliphatic heterocycles. The van der Waals surface area contributed by atoms with Gasteiger partial charge in [-0.05, 0) is 62.4 Å². The number of carbonyl (C=O) groups is 1. The Morgan fingerprint density at radius 2 is 1.77 bits per heavy atom. The van der Waals surface area contributed by atoms with Crippen LogP contribution in [0.25, 0.3) is 11.5 Å². The first kappa shape index (κ1) is 20.8. The molecule has 31 heavy (non-hydrogen) atoms. The van der Waals surface area contributed by atoms with Crippen LogP contribution >= 0.6 is 0 Å². The maximum atomic E-state index is 12.7. The molecule has 0 spiro atoms. The number of rotatable bonds is 7. The molecule has 2 aromatic carbocycles. The molecule has 0 aliphatic rings. The molecule has 0 bridgehead atoms. The minimum Gasteiger partial charge on any atom is -0.467 e. The summed E-state index contributed by atoms with van der Waals surface area (Å²) in [6.45, 7) is 4.14. The summed E-state index contributed by atoms with van der Waals surface area (Å²) in [6.07, 6.45) is 1.57. The third kappa shape index (κ3) is 5.00. The molecule has 1 atom stereocenters. The van der Waals surface area contributed by atoms with E-state index < -0.39 is 10.8 Å². The highest BCUT2D eigenvalue weighted by molar-refractivity contribution is 7.84. The lowest BCUT2D eigenvalue weighted by Crippen LogP contribution is -2.22. The van der Waals surface area contributed by atoms with E-state index in [1.807, 2.05) is 38.1 Å². The van der Waals surface area contributed by atoms with Crippen molar-refractivity contribution in [2.45, 2.75) is 31.0 Å². The topological polar surface area (TPSA) is 85.3 Å². The molecule has 1 N–H and O–H groups in total. The lowest BCUT2D eigenvalue weighted by molar-refractivity contribution is 0.0948. The van der Waals surface area contributed by atoms with Gasteiger partial charge in [0.15, 0.2) is 0 Å². The maximum absolute atomic E-state index is 12.7. The average molecular weight is 435 g/mol. The first-order valence-electron chi connectivity index (χ1n) is 9.82. The van der Waals surface area contributed by atoms with Crippen LogP contribution < -0.4 is 5.32 Å². The van der Waals surface area contributed by atoms with Gasteiger partial charge in [-0.2, -0.15) is 0 Å². The average Bonchev–Trinajstić information content (AvgIpc) is 3.42. The fraction of sp³-hybridized carbons (Fsp3) is 0.167. The molecule has 4 aromatic rings. The predicted molar refractivity (Wildman–Crippen MR) is 118 cm³/mol. The maximum Gasteiger partial charge on any atom is 0.251 e. The van der Waals surface area contributed by atoms with E-state index in [0.717, 1.165) is 16.0 Å². The Kier molecular flexibility index (Phi) is 6.13. The zero-order valence-electron chi connectivity index (χ0n) is 17.3. The summed E-state index contributed by atoms with van der Waals surface area (Å²) in [7, 11) is -1.20. The van der Waals surface area contributed by atoms with E-state index in [-0.39, 0.29) is 11.7 Å². The Morgan fingerprint density at radius 3 is 2.45 bits per heavy atom. The molecule has 1 amide bonds. The smallest absolute Gasteiger partial charge is 0.251 e. The quantitative estimate of drug-likeness (QED) is 0.452. The third-order valence-electron chi connectivity index (χ3n) is 4.84. The minimum atomic E-state index is -1.20. The number of carbonyl (C=O) groups excluding carboxylic acids is 1. The minimum absolute atomic E-state index is 0.194. The normalized spacial score (nSPS) is 11.9. The Balaban J connectivity index is 1.43. The van der Waals surface area contributed by atoms with E-state index in [1.54, 1.807) is 42.7 Å². The van der Waals surface area contributed by atoms with E-state index in [4.69, 9.17) is 8.83 Å². The van der Waals surface area contributed by atoms with Gasteiger partial charge in [0.2, 0.25) is 5.89 Å². The Labute approximate surface area is 182 Å². The zero-order chi connectivity index (χ0) is 21.8. The number of aryl methyl sites for hydroxylation is 2. The van der Waals surface area contributed by atoms with E-state index in [2.05, 4.69) is 10.3 Å². The largest absolute Gasteiger partial charge is 0.467 e. The summed E-state index contributed by atoms with van der Waals surface area (Å²) in [5.41, 5.74) is 3.06. The van der Waals surface area contributed by atoms with Gasteiger partial charge in [0.1, 0.15) is 11.5 Å². The number of oxazole rings is 1. The Morgan fingerprint density at radius 1 is 1.03 bits per heavy atom. The van der Waals surface area contributed by atoms with Gasteiger partial charge in [-0.15, -0.1) is 0 Å². The van der Waals surface area contributed by atoms with E-state index in [1.165, 1.54) is 0 Å². The second-order valence-corrected chi connectivity index (χ2v) is 8.62. The zero-order valence-corrected chi connectivity index (χ0v) is 18.1. The van der Waals surface area contributed by atoms with E-state index in [0.29, 0.717) is 35.2 Å². The van der Waals surface area contributed by atoms with Gasteiger partial charge in [-0.1, -0.05) is 17.7 Å². The molecule has 6 nitrogen and oxygen atoms in total. The van der Waals surface area contributed by atoms with Gasteiger partial charge in [-0.25, -0.2) is 4.98 Å². The van der Waals surface area contributed by atoms with Gasteiger partial charge in [0, 0.05) is 16.0 Å². The number of aromatic nitrogens is 1. The van der Waals surface area contributed by atoms with Crippen LogP contribution in [0, 0.1) is 13.8 Å². The monoisotopic (exact) mass is 434 g/mol. The molecule has 0 fully saturated rings. The van der Waals surface area contributed by atoms with E-state index >= 15 is 0 Å². The molecule has 0 saturated heterocycles. The summed E-state index contributed by atoms with van der Waals surface area (Å²) >= 11 is 0. The van der Waals surface area contributed by atoms with Crippen molar-refractivity contribution in [2.75, 3.05) is 0 Å². The van der Waals surface area contributed by atoms with Gasteiger partial charge >= 0.3 is 0 Å². The van der Waals surface area contributed by atoms with Crippen molar-refractivity contribution in [3.63, 3.8) is 0 Å². The molecule has 0 saturated carbocycles. The SMILES string of the molecule is Cc1ccc([S@](=O)Cc2nc(-c3ccc(C(=O)NCc4ccco4)cc3)oc2C)cc1. The van der Waals surface area contributed by atoms with Crippen LogP contribution in [0.2, 0.25) is 0 Å². The highest BCUT2D eigenvalue weighted by Crippen LogP contribution is 2.24. The molecule has 2 heterocycles. The number of nitrogens with one attached hydrogen (secondary N) is 1. The summed E-state index contributed by atoms with van der Waals surface area (Å²) in [4.78, 5) is 17.6. The highest BCUT2D eigenvalue weighted by atomic mass is 32.2. The second-order valence-electron chi connectivity index (χ2n) is 7.16. The van der Waals surface area contributed by atoms with Crippen LogP contribution in [-0.2, 0) is 23.1 Å². The van der Waals surface area contributed by atoms with Crippen LogP contribution in [0.5, 0.6) is 0 Å². The lowest BCUT2D eigenvalue weighted by atomic mass is 10.1. The van der Waals surface area contributed by atoms with Crippen LogP contribution in [0.1, 0.15) is 33.1 Å². The standard InChI is InChI=1S/C24H22N2O4S/c1-16-5-11-21(12-6-16)31(28)15-22-17(2)30-24(26-22)19-9-7-18(8-10-19)23(27)25-14-20-4-3-13-29-20/h3-13H,14-15H2,1-2H3,(H,25,27)/t31-/m1/s1. The molecular formula is C24H22N2O4S. The summed E-state index contributed by atoms with van der Waals surface area (Å²) in [6, 6.07) is 18.2. The Bertz CT molecular complexity index is 1190. The van der Waals surface area contributed by atoms with Gasteiger partial charge in [-0.3, -0.25) is 9.00 Å². The lowest BCUT2D eigenvalue weighted by Gasteiger charge is -2.04. The fourth-order valence-electron chi connectivity index (χ4n) is 3.03. The van der Waals surface area contributed by atoms with Crippen LogP contribution in [-0.4, -0.2) is 15.1 Å². The van der Waals surface area contributed by atoms with Crippen LogP contribution in [0.4, 0.5) is 0 Å². The molecule has 2 aromatic heterocycles. The van der Waals surface area contributed by atoms with Gasteiger partial charge < -0.3 is 14.2 Å². The summed E-state index contributed by atoms with van der Waals surface area (Å²) in [5, 5.41) is 2.81. The molecule has 158 valence electrons. The van der Waals surface area contributed by atoms with Gasteiger partial charge in [0.25, 0.3) is 5.91 Å². The van der Waals surface area contributed by atoms with Crippen molar-refractivity contribution in [2.24, 2.45) is 0 Å². The molecule has 0 radical (unpaired) electrons. The number of hydrogen-bond donors (Lipinski definition) is 1. The first-order valence-corrected chi connectivity index (χ1v) is 11.1. The van der Waals surface area contributed by atoms with Crippen molar-refractivity contribution in [1.29, 1.82) is 0 Å². The summed E-state index contributed by atoms with van der Waals surface area (Å²) in [5.74, 6) is 1.86. The predicted octanol–water partition coefficient (Wildman–Crippen LogP) is 4.79. The van der Waals surface area contributed by atoms with Crippen molar-refractivity contribution in [3.8, 4) is 11.5 Å². The van der Waals surface area contributed by atoms with Crippen molar-refractivity contribution in [3.05, 3.63) is 95.3 Å². The second kappa shape index (κ2) is 9.14. The highest BCUT2D eigenvalue weighted by Gasteiger charge is 2.16. The molecular weight excluding hydrogens is 412 g/mol. The Hall–Kier alpha value is -3.45. The van der Waals surface area contributed by atoms with Crippen LogP contribution in [0.15, 0.2) is 80.7 Å². The molecule has 0 aliphatic carbocycles. The number of hydrogen-bond acceptors (Lipinski definition) is 5. The van der Waals surface area contributed by atoms with E-state index in [9.17, 15) is 9.00 Å². The fourth-order valence-corrected chi connectivity index (χ4v) is 4.15. The van der Waals surface area contributed by atoms with Crippen LogP contribution in [0.3, 0.4) is 0 Å². The first-order chi connectivity index (χ1) is 15.0.